The number of hydrogen-bond donors (Lipinski definition) is 0. The first-order chi connectivity index (χ1) is 9.10. The van der Waals surface area contributed by atoms with E-state index < -0.39 is 0 Å². The monoisotopic (exact) mass is 257 g/mol. The lowest BCUT2D eigenvalue weighted by Gasteiger charge is -2.53. The van der Waals surface area contributed by atoms with Crippen LogP contribution in [-0.4, -0.2) is 24.5 Å². The Kier molecular flexibility index (Phi) is 4.46. The quantitative estimate of drug-likeness (QED) is 0.729. The number of allylic oxidation sites excluding steroid dienone is 6. The first-order valence-electron chi connectivity index (χ1n) is 7.44. The van der Waals surface area contributed by atoms with Gasteiger partial charge in [0.2, 0.25) is 0 Å². The van der Waals surface area contributed by atoms with Crippen LogP contribution in [0, 0.1) is 17.8 Å². The molecule has 19 heavy (non-hydrogen) atoms. The van der Waals surface area contributed by atoms with E-state index in [-0.39, 0.29) is 5.54 Å². The molecule has 0 aromatic carbocycles. The fraction of sp³-hybridized carbons (Fsp3) is 0.556. The van der Waals surface area contributed by atoms with E-state index in [2.05, 4.69) is 81.5 Å². The zero-order chi connectivity index (χ0) is 13.9. The first-order valence-corrected chi connectivity index (χ1v) is 7.44. The third-order valence-electron chi connectivity index (χ3n) is 4.85. The van der Waals surface area contributed by atoms with Gasteiger partial charge in [-0.2, -0.15) is 0 Å². The van der Waals surface area contributed by atoms with Crippen LogP contribution in [0.4, 0.5) is 0 Å². The molecular weight excluding hydrogens is 230 g/mol. The highest BCUT2D eigenvalue weighted by Crippen LogP contribution is 2.44. The molecule has 0 aromatic rings. The average Bonchev–Trinajstić information content (AvgIpc) is 2.41. The molecule has 0 saturated heterocycles. The van der Waals surface area contributed by atoms with E-state index in [1.54, 1.807) is 0 Å². The SMILES string of the molecule is CC(C)C(C1C=CC=CC1)(C1C=CC=CC1)N(C)C. The summed E-state index contributed by atoms with van der Waals surface area (Å²) in [5.41, 5.74) is 0.197. The van der Waals surface area contributed by atoms with Crippen molar-refractivity contribution >= 4 is 0 Å². The molecule has 1 heteroatoms. The zero-order valence-corrected chi connectivity index (χ0v) is 12.7. The molecule has 104 valence electrons. The van der Waals surface area contributed by atoms with Gasteiger partial charge in [0.25, 0.3) is 0 Å². The van der Waals surface area contributed by atoms with Gasteiger partial charge in [-0.15, -0.1) is 0 Å². The summed E-state index contributed by atoms with van der Waals surface area (Å²) in [6.45, 7) is 4.75. The van der Waals surface area contributed by atoms with Gasteiger partial charge in [0.15, 0.2) is 0 Å². The lowest BCUT2D eigenvalue weighted by Crippen LogP contribution is -2.58. The number of nitrogens with zero attached hydrogens (tertiary/aromatic N) is 1. The van der Waals surface area contributed by atoms with E-state index in [0.29, 0.717) is 17.8 Å². The minimum Gasteiger partial charge on any atom is -0.302 e. The van der Waals surface area contributed by atoms with Crippen LogP contribution in [0.15, 0.2) is 48.6 Å². The van der Waals surface area contributed by atoms with Gasteiger partial charge < -0.3 is 4.90 Å². The van der Waals surface area contributed by atoms with Crippen LogP contribution in [0.25, 0.3) is 0 Å². The molecule has 0 spiro atoms. The molecule has 0 N–H and O–H groups in total. The van der Waals surface area contributed by atoms with Gasteiger partial charge >= 0.3 is 0 Å². The maximum absolute atomic E-state index is 2.47. The van der Waals surface area contributed by atoms with Crippen LogP contribution >= 0.6 is 0 Å². The van der Waals surface area contributed by atoms with Crippen LogP contribution in [0.3, 0.4) is 0 Å². The highest BCUT2D eigenvalue weighted by Gasteiger charge is 2.47. The lowest BCUT2D eigenvalue weighted by molar-refractivity contribution is 0.00958. The van der Waals surface area contributed by atoms with Gasteiger partial charge in [0.1, 0.15) is 0 Å². The molecule has 2 rings (SSSR count). The maximum atomic E-state index is 2.47. The van der Waals surface area contributed by atoms with Crippen molar-refractivity contribution in [2.24, 2.45) is 17.8 Å². The molecule has 0 aromatic heterocycles. The molecule has 0 bridgehead atoms. The van der Waals surface area contributed by atoms with E-state index in [4.69, 9.17) is 0 Å². The zero-order valence-electron chi connectivity index (χ0n) is 12.7. The highest BCUT2D eigenvalue weighted by atomic mass is 15.2. The summed E-state index contributed by atoms with van der Waals surface area (Å²) in [4.78, 5) is 2.47. The summed E-state index contributed by atoms with van der Waals surface area (Å²) in [5.74, 6) is 1.80. The van der Waals surface area contributed by atoms with Crippen LogP contribution in [0.2, 0.25) is 0 Å². The topological polar surface area (TPSA) is 3.24 Å². The van der Waals surface area contributed by atoms with Crippen molar-refractivity contribution < 1.29 is 0 Å². The fourth-order valence-electron chi connectivity index (χ4n) is 4.16. The Hall–Kier alpha value is -1.08. The van der Waals surface area contributed by atoms with E-state index >= 15 is 0 Å². The molecule has 0 fully saturated rings. The summed E-state index contributed by atoms with van der Waals surface area (Å²) in [6.07, 6.45) is 20.5. The summed E-state index contributed by atoms with van der Waals surface area (Å²) in [6, 6.07) is 0. The predicted octanol–water partition coefficient (Wildman–Crippen LogP) is 4.21. The Labute approximate surface area is 118 Å². The Bertz CT molecular complexity index is 369. The van der Waals surface area contributed by atoms with Gasteiger partial charge in [-0.3, -0.25) is 0 Å². The third-order valence-corrected chi connectivity index (χ3v) is 4.85. The lowest BCUT2D eigenvalue weighted by atomic mass is 9.63. The Morgan fingerprint density at radius 1 is 0.895 bits per heavy atom. The molecule has 0 saturated carbocycles. The van der Waals surface area contributed by atoms with Gasteiger partial charge in [0.05, 0.1) is 0 Å². The fourth-order valence-corrected chi connectivity index (χ4v) is 4.16. The highest BCUT2D eigenvalue weighted by molar-refractivity contribution is 5.23. The maximum Gasteiger partial charge on any atom is 0.0357 e. The van der Waals surface area contributed by atoms with Crippen LogP contribution < -0.4 is 0 Å². The van der Waals surface area contributed by atoms with E-state index in [9.17, 15) is 0 Å². The molecule has 1 nitrogen and oxygen atoms in total. The van der Waals surface area contributed by atoms with E-state index in [0.717, 1.165) is 12.8 Å². The standard InChI is InChI=1S/C18H27N/c1-15(2)18(19(3)4,16-11-7-5-8-12-16)17-13-9-6-10-14-17/h5-11,13,15-17H,12,14H2,1-4H3. The third kappa shape index (κ3) is 2.49. The normalized spacial score (nSPS) is 29.2. The van der Waals surface area contributed by atoms with Crippen molar-refractivity contribution in [2.75, 3.05) is 14.1 Å². The summed E-state index contributed by atoms with van der Waals surface area (Å²) < 4.78 is 0. The average molecular weight is 257 g/mol. The van der Waals surface area contributed by atoms with Crippen molar-refractivity contribution in [1.29, 1.82) is 0 Å². The van der Waals surface area contributed by atoms with Crippen molar-refractivity contribution in [3.8, 4) is 0 Å². The molecule has 0 aliphatic heterocycles. The minimum atomic E-state index is 0.197. The van der Waals surface area contributed by atoms with Crippen LogP contribution in [0.1, 0.15) is 26.7 Å². The van der Waals surface area contributed by atoms with Gasteiger partial charge in [-0.25, -0.2) is 0 Å². The van der Waals surface area contributed by atoms with E-state index in [1.165, 1.54) is 0 Å². The summed E-state index contributed by atoms with van der Waals surface area (Å²) in [7, 11) is 4.50. The molecular formula is C18H27N. The van der Waals surface area contributed by atoms with Crippen LogP contribution in [-0.2, 0) is 0 Å². The first kappa shape index (κ1) is 14.3. The molecule has 0 radical (unpaired) electrons. The molecule has 2 unspecified atom stereocenters. The summed E-state index contributed by atoms with van der Waals surface area (Å²) >= 11 is 0. The van der Waals surface area contributed by atoms with Gasteiger partial charge in [0, 0.05) is 5.54 Å². The minimum absolute atomic E-state index is 0.197. The molecule has 2 aliphatic carbocycles. The second-order valence-corrected chi connectivity index (χ2v) is 6.25. The molecule has 2 atom stereocenters. The molecule has 2 aliphatic rings. The smallest absolute Gasteiger partial charge is 0.0357 e. The largest absolute Gasteiger partial charge is 0.302 e. The Morgan fingerprint density at radius 2 is 1.37 bits per heavy atom. The van der Waals surface area contributed by atoms with Gasteiger partial charge in [-0.1, -0.05) is 62.5 Å². The van der Waals surface area contributed by atoms with Crippen molar-refractivity contribution in [2.45, 2.75) is 32.2 Å². The van der Waals surface area contributed by atoms with E-state index in [1.807, 2.05) is 0 Å². The second-order valence-electron chi connectivity index (χ2n) is 6.25. The molecule has 0 heterocycles. The number of hydrogen-bond acceptors (Lipinski definition) is 1. The Morgan fingerprint density at radius 3 is 1.63 bits per heavy atom. The second kappa shape index (κ2) is 5.92. The van der Waals surface area contributed by atoms with Crippen molar-refractivity contribution in [1.82, 2.24) is 4.90 Å². The van der Waals surface area contributed by atoms with Crippen molar-refractivity contribution in [3.05, 3.63) is 48.6 Å². The summed E-state index contributed by atoms with van der Waals surface area (Å²) in [5, 5.41) is 0. The van der Waals surface area contributed by atoms with Crippen molar-refractivity contribution in [3.63, 3.8) is 0 Å². The molecule has 0 amide bonds. The number of rotatable bonds is 4. The van der Waals surface area contributed by atoms with Gasteiger partial charge in [-0.05, 0) is 44.7 Å². The van der Waals surface area contributed by atoms with Crippen LogP contribution in [0.5, 0.6) is 0 Å². The predicted molar refractivity (Wildman–Crippen MR) is 84.0 cm³/mol. The Balaban J connectivity index is 2.41.